The average Bonchev–Trinajstić information content (AvgIpc) is 3.14. The predicted molar refractivity (Wildman–Crippen MR) is 121 cm³/mol. The second-order valence-corrected chi connectivity index (χ2v) is 9.10. The Morgan fingerprint density at radius 2 is 1.78 bits per heavy atom. The molecule has 0 bridgehead atoms. The van der Waals surface area contributed by atoms with Crippen LogP contribution < -0.4 is 14.4 Å². The van der Waals surface area contributed by atoms with Gasteiger partial charge in [-0.05, 0) is 56.5 Å². The van der Waals surface area contributed by atoms with Crippen LogP contribution >= 0.6 is 0 Å². The number of sulfonamides is 1. The van der Waals surface area contributed by atoms with Crippen LogP contribution in [0.15, 0.2) is 64.0 Å². The number of nitrogens with zero attached hydrogens (tertiary/aromatic N) is 2. The molecule has 1 N–H and O–H groups in total. The molecule has 0 aliphatic heterocycles. The van der Waals surface area contributed by atoms with Gasteiger partial charge in [0.05, 0.1) is 12.8 Å². The van der Waals surface area contributed by atoms with Gasteiger partial charge in [0.2, 0.25) is 5.91 Å². The van der Waals surface area contributed by atoms with Gasteiger partial charge >= 0.3 is 0 Å². The third kappa shape index (κ3) is 5.47. The van der Waals surface area contributed by atoms with Crippen molar-refractivity contribution in [2.24, 2.45) is 0 Å². The molecule has 0 unspecified atom stereocenters. The zero-order valence-corrected chi connectivity index (χ0v) is 19.2. The van der Waals surface area contributed by atoms with E-state index >= 15 is 0 Å². The lowest BCUT2D eigenvalue weighted by molar-refractivity contribution is -0.119. The Bertz CT molecular complexity index is 1120. The first-order chi connectivity index (χ1) is 15.3. The van der Waals surface area contributed by atoms with E-state index in [4.69, 9.17) is 9.26 Å². The van der Waals surface area contributed by atoms with E-state index in [2.05, 4.69) is 10.5 Å². The number of aryl methyl sites for hydroxylation is 3. The van der Waals surface area contributed by atoms with Crippen molar-refractivity contribution in [3.05, 3.63) is 71.6 Å². The summed E-state index contributed by atoms with van der Waals surface area (Å²) in [7, 11) is -2.56. The van der Waals surface area contributed by atoms with Gasteiger partial charge in [0, 0.05) is 6.54 Å². The summed E-state index contributed by atoms with van der Waals surface area (Å²) in [4.78, 5) is 12.6. The molecule has 0 aliphatic carbocycles. The number of benzene rings is 2. The Hall–Kier alpha value is -3.33. The van der Waals surface area contributed by atoms with Crippen molar-refractivity contribution in [1.29, 1.82) is 0 Å². The van der Waals surface area contributed by atoms with Crippen LogP contribution in [-0.2, 0) is 21.2 Å². The molecule has 2 aromatic carbocycles. The molecule has 0 spiro atoms. The van der Waals surface area contributed by atoms with Crippen LogP contribution in [0.2, 0.25) is 0 Å². The summed E-state index contributed by atoms with van der Waals surface area (Å²) < 4.78 is 38.2. The number of aromatic nitrogens is 1. The van der Waals surface area contributed by atoms with E-state index in [0.29, 0.717) is 18.0 Å². The number of amides is 1. The molecular weight excluding hydrogens is 430 g/mol. The maximum absolute atomic E-state index is 13.5. The summed E-state index contributed by atoms with van der Waals surface area (Å²) in [6.07, 6.45) is 1.57. The van der Waals surface area contributed by atoms with Gasteiger partial charge in [-0.25, -0.2) is 8.42 Å². The standard InChI is InChI=1S/C23H27N3O5S/c1-17-23(18(2)31-25-17)32(28,29)26(20-11-13-21(30-3)14-12-20)16-22(27)24-15-7-10-19-8-5-4-6-9-19/h4-6,8-9,11-14H,7,10,15-16H2,1-3H3,(H,24,27). The SMILES string of the molecule is COc1ccc(N(CC(=O)NCCCc2ccccc2)S(=O)(=O)c2c(C)noc2C)cc1. The molecular formula is C23H27N3O5S. The van der Waals surface area contributed by atoms with Gasteiger partial charge in [-0.2, -0.15) is 0 Å². The highest BCUT2D eigenvalue weighted by Gasteiger charge is 2.32. The number of nitrogens with one attached hydrogen (secondary N) is 1. The van der Waals surface area contributed by atoms with E-state index in [9.17, 15) is 13.2 Å². The number of methoxy groups -OCH3 is 1. The molecule has 32 heavy (non-hydrogen) atoms. The van der Waals surface area contributed by atoms with E-state index in [-0.39, 0.29) is 22.9 Å². The van der Waals surface area contributed by atoms with Gasteiger partial charge in [0.15, 0.2) is 10.7 Å². The summed E-state index contributed by atoms with van der Waals surface area (Å²) >= 11 is 0. The number of rotatable bonds is 10. The maximum atomic E-state index is 13.5. The fraction of sp³-hybridized carbons (Fsp3) is 0.304. The minimum absolute atomic E-state index is 0.0369. The number of anilines is 1. The lowest BCUT2D eigenvalue weighted by Gasteiger charge is -2.24. The number of carbonyl (C=O) groups is 1. The fourth-order valence-corrected chi connectivity index (χ4v) is 5.09. The molecule has 3 rings (SSSR count). The molecule has 0 atom stereocenters. The Balaban J connectivity index is 1.75. The number of ether oxygens (including phenoxy) is 1. The molecule has 3 aromatic rings. The minimum Gasteiger partial charge on any atom is -0.497 e. The fourth-order valence-electron chi connectivity index (χ4n) is 3.37. The van der Waals surface area contributed by atoms with E-state index in [1.807, 2.05) is 30.3 Å². The third-order valence-electron chi connectivity index (χ3n) is 4.97. The molecule has 1 amide bonds. The van der Waals surface area contributed by atoms with Crippen molar-refractivity contribution in [2.45, 2.75) is 31.6 Å². The Morgan fingerprint density at radius 3 is 2.38 bits per heavy atom. The van der Waals surface area contributed by atoms with Crippen LogP contribution in [0.5, 0.6) is 5.75 Å². The quantitative estimate of drug-likeness (QED) is 0.469. The van der Waals surface area contributed by atoms with Gasteiger partial charge in [-0.15, -0.1) is 0 Å². The topological polar surface area (TPSA) is 102 Å². The summed E-state index contributed by atoms with van der Waals surface area (Å²) in [5, 5.41) is 6.57. The second kappa shape index (κ2) is 10.3. The maximum Gasteiger partial charge on any atom is 0.270 e. The number of hydrogen-bond acceptors (Lipinski definition) is 6. The molecule has 1 heterocycles. The van der Waals surface area contributed by atoms with Crippen LogP contribution in [0, 0.1) is 13.8 Å². The van der Waals surface area contributed by atoms with Crippen LogP contribution in [0.1, 0.15) is 23.4 Å². The van der Waals surface area contributed by atoms with Crippen molar-refractivity contribution < 1.29 is 22.5 Å². The zero-order chi connectivity index (χ0) is 23.1. The molecule has 0 saturated carbocycles. The Labute approximate surface area is 188 Å². The second-order valence-electron chi connectivity index (χ2n) is 7.30. The molecule has 0 saturated heterocycles. The van der Waals surface area contributed by atoms with E-state index < -0.39 is 15.9 Å². The highest BCUT2D eigenvalue weighted by Crippen LogP contribution is 2.29. The lowest BCUT2D eigenvalue weighted by Crippen LogP contribution is -2.41. The van der Waals surface area contributed by atoms with Crippen molar-refractivity contribution in [1.82, 2.24) is 10.5 Å². The summed E-state index contributed by atoms with van der Waals surface area (Å²) in [5.41, 5.74) is 1.76. The lowest BCUT2D eigenvalue weighted by atomic mass is 10.1. The Kier molecular flexibility index (Phi) is 7.53. The van der Waals surface area contributed by atoms with Crippen molar-refractivity contribution in [3.63, 3.8) is 0 Å². The summed E-state index contributed by atoms with van der Waals surface area (Å²) in [6.45, 7) is 3.15. The number of carbonyl (C=O) groups excluding carboxylic acids is 1. The average molecular weight is 458 g/mol. The molecule has 170 valence electrons. The van der Waals surface area contributed by atoms with Crippen molar-refractivity contribution in [2.75, 3.05) is 24.5 Å². The largest absolute Gasteiger partial charge is 0.497 e. The smallest absolute Gasteiger partial charge is 0.270 e. The van der Waals surface area contributed by atoms with Gasteiger partial charge < -0.3 is 14.6 Å². The highest BCUT2D eigenvalue weighted by molar-refractivity contribution is 7.93. The first kappa shape index (κ1) is 23.3. The van der Waals surface area contributed by atoms with Crippen LogP contribution in [0.25, 0.3) is 0 Å². The Morgan fingerprint density at radius 1 is 1.09 bits per heavy atom. The van der Waals surface area contributed by atoms with E-state index in [1.54, 1.807) is 31.2 Å². The molecule has 0 fully saturated rings. The van der Waals surface area contributed by atoms with Crippen molar-refractivity contribution >= 4 is 21.6 Å². The van der Waals surface area contributed by atoms with Crippen LogP contribution in [0.4, 0.5) is 5.69 Å². The van der Waals surface area contributed by atoms with Gasteiger partial charge in [-0.1, -0.05) is 35.5 Å². The van der Waals surface area contributed by atoms with E-state index in [0.717, 1.165) is 17.1 Å². The monoisotopic (exact) mass is 457 g/mol. The molecule has 1 aromatic heterocycles. The number of hydrogen-bond donors (Lipinski definition) is 1. The molecule has 9 heteroatoms. The molecule has 8 nitrogen and oxygen atoms in total. The zero-order valence-electron chi connectivity index (χ0n) is 18.4. The first-order valence-corrected chi connectivity index (χ1v) is 11.7. The normalized spacial score (nSPS) is 11.2. The summed E-state index contributed by atoms with van der Waals surface area (Å²) in [6, 6.07) is 16.4. The van der Waals surface area contributed by atoms with Crippen molar-refractivity contribution in [3.8, 4) is 5.75 Å². The van der Waals surface area contributed by atoms with Gasteiger partial charge in [0.1, 0.15) is 18.0 Å². The minimum atomic E-state index is -4.08. The van der Waals surface area contributed by atoms with Gasteiger partial charge in [-0.3, -0.25) is 9.10 Å². The van der Waals surface area contributed by atoms with Crippen LogP contribution in [0.3, 0.4) is 0 Å². The van der Waals surface area contributed by atoms with Crippen LogP contribution in [-0.4, -0.2) is 39.7 Å². The van der Waals surface area contributed by atoms with Gasteiger partial charge in [0.25, 0.3) is 10.0 Å². The van der Waals surface area contributed by atoms with E-state index in [1.165, 1.54) is 19.6 Å². The predicted octanol–water partition coefficient (Wildman–Crippen LogP) is 3.24. The highest BCUT2D eigenvalue weighted by atomic mass is 32.2. The molecule has 0 aliphatic rings. The molecule has 0 radical (unpaired) electrons. The first-order valence-electron chi connectivity index (χ1n) is 10.2. The summed E-state index contributed by atoms with van der Waals surface area (Å²) in [5.74, 6) is 0.349. The third-order valence-corrected chi connectivity index (χ3v) is 6.99.